The minimum atomic E-state index is -0.00814. The van der Waals surface area contributed by atoms with Gasteiger partial charge in [0.15, 0.2) is 0 Å². The molecule has 164 valence electrons. The molecule has 0 N–H and O–H groups in total. The molecule has 0 saturated carbocycles. The van der Waals surface area contributed by atoms with Crippen molar-refractivity contribution < 1.29 is 14.3 Å². The summed E-state index contributed by atoms with van der Waals surface area (Å²) < 4.78 is 5.36. The summed E-state index contributed by atoms with van der Waals surface area (Å²) in [6, 6.07) is 19.6. The maximum Gasteiger partial charge on any atom is 0.254 e. The molecule has 3 aromatic rings. The first-order chi connectivity index (χ1) is 15.7. The fourth-order valence-electron chi connectivity index (χ4n) is 4.65. The zero-order chi connectivity index (χ0) is 21.9. The van der Waals surface area contributed by atoms with Crippen LogP contribution in [0, 0.1) is 5.92 Å². The number of hydrogen-bond donors (Lipinski definition) is 0. The minimum absolute atomic E-state index is 0.00814. The number of para-hydroxylation sites is 1. The average molecular weight is 430 g/mol. The fourth-order valence-corrected chi connectivity index (χ4v) is 4.65. The molecule has 2 saturated heterocycles. The quantitative estimate of drug-likeness (QED) is 0.638. The highest BCUT2D eigenvalue weighted by atomic mass is 16.5. The largest absolute Gasteiger partial charge is 0.378 e. The molecule has 2 aliphatic heterocycles. The Bertz CT molecular complexity index is 1120. The summed E-state index contributed by atoms with van der Waals surface area (Å²) in [5.74, 6) is 0.213. The van der Waals surface area contributed by atoms with Gasteiger partial charge in [0.25, 0.3) is 5.91 Å². The highest BCUT2D eigenvalue weighted by Gasteiger charge is 2.31. The fraction of sp³-hybridized carbons (Fsp3) is 0.346. The first-order valence-corrected chi connectivity index (χ1v) is 11.3. The molecule has 32 heavy (non-hydrogen) atoms. The lowest BCUT2D eigenvalue weighted by Crippen LogP contribution is -2.47. The third-order valence-corrected chi connectivity index (χ3v) is 6.47. The number of pyridine rings is 1. The van der Waals surface area contributed by atoms with Gasteiger partial charge in [0.1, 0.15) is 0 Å². The van der Waals surface area contributed by atoms with Crippen LogP contribution in [-0.4, -0.2) is 66.0 Å². The maximum atomic E-state index is 13.6. The lowest BCUT2D eigenvalue weighted by atomic mass is 9.94. The van der Waals surface area contributed by atoms with Crippen LogP contribution in [0.3, 0.4) is 0 Å². The van der Waals surface area contributed by atoms with Gasteiger partial charge in [-0.2, -0.15) is 0 Å². The Labute approximate surface area is 187 Å². The van der Waals surface area contributed by atoms with Crippen LogP contribution in [0.1, 0.15) is 23.2 Å². The van der Waals surface area contributed by atoms with Gasteiger partial charge < -0.3 is 14.5 Å². The molecular formula is C26H27N3O3. The van der Waals surface area contributed by atoms with Crippen molar-refractivity contribution in [2.75, 3.05) is 39.4 Å². The number of hydrogen-bond acceptors (Lipinski definition) is 4. The van der Waals surface area contributed by atoms with E-state index in [1.54, 1.807) is 0 Å². The van der Waals surface area contributed by atoms with Crippen molar-refractivity contribution in [3.05, 3.63) is 66.2 Å². The van der Waals surface area contributed by atoms with E-state index in [2.05, 4.69) is 0 Å². The molecular weight excluding hydrogens is 402 g/mol. The number of carbonyl (C=O) groups is 2. The standard InChI is InChI=1S/C26H27N3O3/c30-25(29-14-16-32-17-15-29)20-10-12-28(13-11-20)26(31)22-18-24(19-6-2-1-3-7-19)27-23-9-5-4-8-21(22)23/h1-9,18,20H,10-17H2. The first kappa shape index (κ1) is 20.6. The average Bonchev–Trinajstić information content (AvgIpc) is 2.88. The van der Waals surface area contributed by atoms with Crippen molar-refractivity contribution in [1.29, 1.82) is 0 Å². The molecule has 2 aliphatic rings. The van der Waals surface area contributed by atoms with Gasteiger partial charge in [0.2, 0.25) is 5.91 Å². The van der Waals surface area contributed by atoms with E-state index < -0.39 is 0 Å². The van der Waals surface area contributed by atoms with Crippen LogP contribution < -0.4 is 0 Å². The van der Waals surface area contributed by atoms with Crippen molar-refractivity contribution in [3.8, 4) is 11.3 Å². The number of morpholine rings is 1. The van der Waals surface area contributed by atoms with E-state index in [9.17, 15) is 9.59 Å². The molecule has 0 unspecified atom stereocenters. The second-order valence-electron chi connectivity index (χ2n) is 8.44. The Balaban J connectivity index is 1.36. The predicted octanol–water partition coefficient (Wildman–Crippen LogP) is 3.61. The Morgan fingerprint density at radius 2 is 1.53 bits per heavy atom. The minimum Gasteiger partial charge on any atom is -0.378 e. The molecule has 2 fully saturated rings. The van der Waals surface area contributed by atoms with Crippen molar-refractivity contribution >= 4 is 22.7 Å². The van der Waals surface area contributed by atoms with E-state index in [0.717, 1.165) is 22.2 Å². The van der Waals surface area contributed by atoms with Crippen molar-refractivity contribution in [2.24, 2.45) is 5.92 Å². The highest BCUT2D eigenvalue weighted by Crippen LogP contribution is 2.28. The molecule has 0 spiro atoms. The topological polar surface area (TPSA) is 62.7 Å². The van der Waals surface area contributed by atoms with Gasteiger partial charge in [-0.3, -0.25) is 9.59 Å². The zero-order valence-corrected chi connectivity index (χ0v) is 18.1. The molecule has 6 heteroatoms. The number of benzene rings is 2. The molecule has 0 radical (unpaired) electrons. The monoisotopic (exact) mass is 429 g/mol. The summed E-state index contributed by atoms with van der Waals surface area (Å²) in [5.41, 5.74) is 3.27. The lowest BCUT2D eigenvalue weighted by Gasteiger charge is -2.35. The van der Waals surface area contributed by atoms with Crippen LogP contribution in [0.5, 0.6) is 0 Å². The van der Waals surface area contributed by atoms with Gasteiger partial charge in [-0.1, -0.05) is 48.5 Å². The number of carbonyl (C=O) groups excluding carboxylic acids is 2. The number of aromatic nitrogens is 1. The molecule has 0 aliphatic carbocycles. The summed E-state index contributed by atoms with van der Waals surface area (Å²) in [4.78, 5) is 35.0. The number of amides is 2. The van der Waals surface area contributed by atoms with E-state index in [0.29, 0.717) is 57.8 Å². The molecule has 0 bridgehead atoms. The lowest BCUT2D eigenvalue weighted by molar-refractivity contribution is -0.141. The van der Waals surface area contributed by atoms with Crippen LogP contribution in [0.15, 0.2) is 60.7 Å². The molecule has 1 aromatic heterocycles. The summed E-state index contributed by atoms with van der Waals surface area (Å²) >= 11 is 0. The third-order valence-electron chi connectivity index (χ3n) is 6.47. The Hall–Kier alpha value is -3.25. The van der Waals surface area contributed by atoms with E-state index in [4.69, 9.17) is 9.72 Å². The normalized spacial score (nSPS) is 17.5. The summed E-state index contributed by atoms with van der Waals surface area (Å²) in [6.07, 6.45) is 1.41. The molecule has 2 aromatic carbocycles. The molecule has 2 amide bonds. The van der Waals surface area contributed by atoms with E-state index in [1.807, 2.05) is 70.5 Å². The van der Waals surface area contributed by atoms with Gasteiger partial charge in [-0.15, -0.1) is 0 Å². The van der Waals surface area contributed by atoms with Crippen LogP contribution in [0.25, 0.3) is 22.2 Å². The Morgan fingerprint density at radius 3 is 2.28 bits per heavy atom. The second-order valence-corrected chi connectivity index (χ2v) is 8.44. The molecule has 3 heterocycles. The smallest absolute Gasteiger partial charge is 0.254 e. The number of ether oxygens (including phenoxy) is 1. The number of rotatable bonds is 3. The van der Waals surface area contributed by atoms with Gasteiger partial charge in [-0.25, -0.2) is 4.98 Å². The predicted molar refractivity (Wildman–Crippen MR) is 123 cm³/mol. The molecule has 6 nitrogen and oxygen atoms in total. The number of likely N-dealkylation sites (tertiary alicyclic amines) is 1. The van der Waals surface area contributed by atoms with Crippen molar-refractivity contribution in [1.82, 2.24) is 14.8 Å². The van der Waals surface area contributed by atoms with E-state index in [1.165, 1.54) is 0 Å². The van der Waals surface area contributed by atoms with E-state index in [-0.39, 0.29) is 17.7 Å². The van der Waals surface area contributed by atoms with Gasteiger partial charge in [-0.05, 0) is 25.0 Å². The van der Waals surface area contributed by atoms with Crippen LogP contribution in [0.2, 0.25) is 0 Å². The van der Waals surface area contributed by atoms with Crippen LogP contribution in [0.4, 0.5) is 0 Å². The third kappa shape index (κ3) is 4.10. The van der Waals surface area contributed by atoms with E-state index >= 15 is 0 Å². The SMILES string of the molecule is O=C(c1cc(-c2ccccc2)nc2ccccc12)N1CCC(C(=O)N2CCOCC2)CC1. The van der Waals surface area contributed by atoms with Gasteiger partial charge in [0.05, 0.1) is 30.0 Å². The number of piperidine rings is 1. The van der Waals surface area contributed by atoms with Crippen LogP contribution >= 0.6 is 0 Å². The summed E-state index contributed by atoms with van der Waals surface area (Å²) in [7, 11) is 0. The number of fused-ring (bicyclic) bond motifs is 1. The van der Waals surface area contributed by atoms with Crippen LogP contribution in [-0.2, 0) is 9.53 Å². The number of nitrogens with zero attached hydrogens (tertiary/aromatic N) is 3. The van der Waals surface area contributed by atoms with Crippen molar-refractivity contribution in [3.63, 3.8) is 0 Å². The summed E-state index contributed by atoms with van der Waals surface area (Å²) in [6.45, 7) is 3.75. The second kappa shape index (κ2) is 9.09. The highest BCUT2D eigenvalue weighted by molar-refractivity contribution is 6.07. The molecule has 0 atom stereocenters. The summed E-state index contributed by atoms with van der Waals surface area (Å²) in [5, 5.41) is 0.865. The van der Waals surface area contributed by atoms with Crippen molar-refractivity contribution in [2.45, 2.75) is 12.8 Å². The Morgan fingerprint density at radius 1 is 0.844 bits per heavy atom. The van der Waals surface area contributed by atoms with Gasteiger partial charge >= 0.3 is 0 Å². The maximum absolute atomic E-state index is 13.6. The first-order valence-electron chi connectivity index (χ1n) is 11.3. The Kier molecular flexibility index (Phi) is 5.86. The van der Waals surface area contributed by atoms with Gasteiger partial charge in [0, 0.05) is 43.0 Å². The zero-order valence-electron chi connectivity index (χ0n) is 18.1. The molecule has 5 rings (SSSR count).